The van der Waals surface area contributed by atoms with Crippen molar-refractivity contribution in [3.63, 3.8) is 0 Å². The smallest absolute Gasteiger partial charge is 0.455 e. The molecule has 10 N–H and O–H groups in total. The van der Waals surface area contributed by atoms with Crippen LogP contribution in [-0.2, 0) is 46.6 Å². The molecule has 31 heteroatoms. The summed E-state index contributed by atoms with van der Waals surface area (Å²) in [6.45, 7) is 8.69. The highest BCUT2D eigenvalue weighted by molar-refractivity contribution is 8.00. The predicted octanol–water partition coefficient (Wildman–Crippen LogP) is 0.862. The van der Waals surface area contributed by atoms with Gasteiger partial charge in [-0.3, -0.25) is 18.6 Å². The van der Waals surface area contributed by atoms with Gasteiger partial charge in [0.05, 0.1) is 18.8 Å². The number of hydrogen-bond donors (Lipinski definition) is 8. The molecule has 0 bridgehead atoms. The van der Waals surface area contributed by atoms with E-state index in [9.17, 15) is 48.4 Å². The quantitative estimate of drug-likeness (QED) is 0.0560. The number of aliphatic hydroxyl groups excluding tert-OH is 1. The summed E-state index contributed by atoms with van der Waals surface area (Å²) in [7, 11) is -10.1. The van der Waals surface area contributed by atoms with Gasteiger partial charge in [-0.15, -0.1) is 16.3 Å². The standard InChI is InChI=1S/C36H54N10O18P2S/c1-35(2,3)62-33(50)42-19(8-7-18-12-44(17-67-18)34(51)63-36(4,5)6)31(48)61-27-22(60-30(26(27)47)46-16-41-25-28(38)39-15-40-29(25)46)14-58-66(55,56)64-20-11-24(45-10-9-23(37)43-32(45)49)59-21(20)13-57-65(52,53)54/h9-10,15-16,18-22,24,26-27,30,47,55-56H,7-8,11-14,17H2,1-6H3,(H6-,37,38,39,40,42,43,49,50,52,53,54)/p+1/t18-,19-,20-,21+,22+,24+,26+,27+,30+/m0/s1. The van der Waals surface area contributed by atoms with Crippen molar-refractivity contribution in [2.45, 2.75) is 126 Å². The van der Waals surface area contributed by atoms with Crippen molar-refractivity contribution in [1.29, 1.82) is 0 Å². The summed E-state index contributed by atoms with van der Waals surface area (Å²) in [6.07, 6.45) is -8.39. The number of nitrogens with two attached hydrogens (primary N) is 2. The molecule has 372 valence electrons. The summed E-state index contributed by atoms with van der Waals surface area (Å²) in [6, 6.07) is -0.108. The average Bonchev–Trinajstić information content (AvgIpc) is 4.00. The average molecular weight is 1010 g/mol. The summed E-state index contributed by atoms with van der Waals surface area (Å²) < 4.78 is 58.1. The third-order valence-electron chi connectivity index (χ3n) is 9.95. The number of nitrogens with zero attached hydrogens (tertiary/aromatic N) is 7. The number of thioether (sulfide) groups is 1. The van der Waals surface area contributed by atoms with Gasteiger partial charge in [-0.1, -0.05) is 0 Å². The molecular weight excluding hydrogens is 954 g/mol. The van der Waals surface area contributed by atoms with E-state index >= 15 is 0 Å². The summed E-state index contributed by atoms with van der Waals surface area (Å²) >= 11 is 1.44. The Balaban J connectivity index is 1.21. The van der Waals surface area contributed by atoms with E-state index < -0.39 is 113 Å². The van der Waals surface area contributed by atoms with Crippen LogP contribution in [0.25, 0.3) is 11.2 Å². The highest BCUT2D eigenvalue weighted by Gasteiger charge is 2.54. The van der Waals surface area contributed by atoms with Crippen LogP contribution in [0.5, 0.6) is 0 Å². The van der Waals surface area contributed by atoms with Crippen LogP contribution in [0.4, 0.5) is 21.2 Å². The number of hydrogen-bond acceptors (Lipinski definition) is 23. The van der Waals surface area contributed by atoms with Gasteiger partial charge in [0.2, 0.25) is 0 Å². The van der Waals surface area contributed by atoms with Gasteiger partial charge in [-0.25, -0.2) is 38.7 Å². The van der Waals surface area contributed by atoms with Crippen LogP contribution in [-0.4, -0.2) is 155 Å². The van der Waals surface area contributed by atoms with Gasteiger partial charge in [0.1, 0.15) is 72.2 Å². The molecule has 3 aromatic heterocycles. The van der Waals surface area contributed by atoms with Crippen molar-refractivity contribution < 1.29 is 80.9 Å². The maximum Gasteiger partial charge on any atom is 0.570 e. The molecule has 28 nitrogen and oxygen atoms in total. The van der Waals surface area contributed by atoms with E-state index in [0.717, 1.165) is 10.9 Å². The van der Waals surface area contributed by atoms with E-state index in [-0.39, 0.29) is 53.9 Å². The fourth-order valence-corrected chi connectivity index (χ4v) is 9.56. The summed E-state index contributed by atoms with van der Waals surface area (Å²) in [5.74, 6) is -0.842. The SMILES string of the molecule is CC(C)(C)OC(=O)N[C@@H](CC[C@H]1CN(C(=O)OC(C)(C)C)CS1)C(=O)O[C@H]1[C@@H](O)[C@H](n2cnc3c(N)ncnc32)O[C@@H]1CO[P+](O)(O)O[C@H]1C[C@H](n2ccc(N)nc2=O)O[C@@H]1COP(=O)(O)O. The second-order valence-electron chi connectivity index (χ2n) is 17.6. The van der Waals surface area contributed by atoms with Crippen LogP contribution >= 0.6 is 27.8 Å². The van der Waals surface area contributed by atoms with Crippen LogP contribution in [0.15, 0.2) is 29.7 Å². The Morgan fingerprint density at radius 2 is 1.75 bits per heavy atom. The number of ether oxygens (including phenoxy) is 5. The van der Waals surface area contributed by atoms with Crippen molar-refractivity contribution >= 4 is 68.7 Å². The molecule has 6 heterocycles. The van der Waals surface area contributed by atoms with E-state index in [2.05, 4.69) is 29.8 Å². The fourth-order valence-electron chi connectivity index (χ4n) is 7.05. The summed E-state index contributed by atoms with van der Waals surface area (Å²) in [5.41, 5.74) is 9.28. The van der Waals surface area contributed by atoms with Crippen LogP contribution in [0.3, 0.4) is 0 Å². The van der Waals surface area contributed by atoms with E-state index in [0.29, 0.717) is 5.88 Å². The first kappa shape index (κ1) is 52.0. The van der Waals surface area contributed by atoms with E-state index in [1.54, 1.807) is 41.5 Å². The Morgan fingerprint density at radius 1 is 1.03 bits per heavy atom. The highest BCUT2D eigenvalue weighted by atomic mass is 32.2. The van der Waals surface area contributed by atoms with Crippen molar-refractivity contribution in [1.82, 2.24) is 39.3 Å². The van der Waals surface area contributed by atoms with Crippen LogP contribution in [0.2, 0.25) is 0 Å². The Morgan fingerprint density at radius 3 is 2.42 bits per heavy atom. The number of carbonyl (C=O) groups excluding carboxylic acids is 3. The van der Waals surface area contributed by atoms with E-state index in [1.807, 2.05) is 0 Å². The number of nitrogens with one attached hydrogen (secondary N) is 1. The zero-order valence-corrected chi connectivity index (χ0v) is 39.7. The molecule has 67 heavy (non-hydrogen) atoms. The Bertz CT molecular complexity index is 2360. The molecule has 2 amide bonds. The first-order valence-corrected chi connectivity index (χ1v) is 24.7. The fraction of sp³-hybridized carbons (Fsp3) is 0.667. The largest absolute Gasteiger partial charge is 0.570 e. The molecule has 0 aromatic carbocycles. The lowest BCUT2D eigenvalue weighted by Gasteiger charge is -2.26. The molecular formula is C36H55N10O18P2S+. The van der Waals surface area contributed by atoms with Crippen molar-refractivity contribution in [2.24, 2.45) is 0 Å². The minimum absolute atomic E-state index is 0.00254. The first-order chi connectivity index (χ1) is 31.1. The van der Waals surface area contributed by atoms with Crippen LogP contribution < -0.4 is 22.5 Å². The number of phosphoric acid groups is 1. The van der Waals surface area contributed by atoms with E-state index in [4.69, 9.17) is 44.2 Å². The minimum Gasteiger partial charge on any atom is -0.455 e. The normalized spacial score (nSPS) is 25.3. The molecule has 3 aliphatic rings. The zero-order chi connectivity index (χ0) is 49.2. The number of nitrogen functional groups attached to an aromatic ring is 2. The molecule has 0 aliphatic carbocycles. The van der Waals surface area contributed by atoms with Gasteiger partial charge >= 0.3 is 39.8 Å². The molecule has 0 saturated carbocycles. The van der Waals surface area contributed by atoms with Gasteiger partial charge < -0.3 is 55.4 Å². The van der Waals surface area contributed by atoms with Gasteiger partial charge in [0.15, 0.2) is 23.8 Å². The maximum absolute atomic E-state index is 14.2. The number of aromatic nitrogens is 6. The van der Waals surface area contributed by atoms with Crippen molar-refractivity contribution in [3.05, 3.63) is 35.4 Å². The van der Waals surface area contributed by atoms with Crippen LogP contribution in [0, 0.1) is 0 Å². The minimum atomic E-state index is -5.08. The van der Waals surface area contributed by atoms with Crippen molar-refractivity contribution in [2.75, 3.05) is 37.1 Å². The number of carbonyl (C=O) groups is 3. The predicted molar refractivity (Wildman–Crippen MR) is 233 cm³/mol. The molecule has 6 rings (SSSR count). The first-order valence-electron chi connectivity index (χ1n) is 20.6. The van der Waals surface area contributed by atoms with Crippen molar-refractivity contribution in [3.8, 4) is 0 Å². The molecule has 3 saturated heterocycles. The highest BCUT2D eigenvalue weighted by Crippen LogP contribution is 2.56. The third-order valence-corrected chi connectivity index (χ3v) is 12.8. The van der Waals surface area contributed by atoms with Gasteiger partial charge in [-0.2, -0.15) is 19.3 Å². The third kappa shape index (κ3) is 14.1. The summed E-state index contributed by atoms with van der Waals surface area (Å²) in [5, 5.41) is 14.2. The second kappa shape index (κ2) is 20.7. The Hall–Kier alpha value is -4.35. The molecule has 3 aliphatic heterocycles. The monoisotopic (exact) mass is 1010 g/mol. The molecule has 0 spiro atoms. The second-order valence-corrected chi connectivity index (χ2v) is 21.5. The lowest BCUT2D eigenvalue weighted by Crippen LogP contribution is -2.48. The number of phosphoric ester groups is 1. The molecule has 3 aromatic rings. The molecule has 0 unspecified atom stereocenters. The van der Waals surface area contributed by atoms with Crippen LogP contribution in [0.1, 0.15) is 73.3 Å². The number of imidazole rings is 1. The molecule has 9 atom stereocenters. The number of aliphatic hydroxyl groups is 1. The number of rotatable bonds is 16. The molecule has 3 fully saturated rings. The Labute approximate surface area is 386 Å². The topological polar surface area (TPSA) is 389 Å². The van der Waals surface area contributed by atoms with Gasteiger partial charge in [0.25, 0.3) is 0 Å². The number of alkyl carbamates (subject to hydrolysis) is 1. The Kier molecular flexibility index (Phi) is 16.1. The lowest BCUT2D eigenvalue weighted by molar-refractivity contribution is -0.159. The zero-order valence-electron chi connectivity index (χ0n) is 37.1. The number of amides is 2. The number of anilines is 2. The van der Waals surface area contributed by atoms with Gasteiger partial charge in [0, 0.05) is 24.4 Å². The van der Waals surface area contributed by atoms with E-state index in [1.165, 1.54) is 39.8 Å². The molecule has 0 radical (unpaired) electrons. The lowest BCUT2D eigenvalue weighted by atomic mass is 10.1. The summed E-state index contributed by atoms with van der Waals surface area (Å²) in [4.78, 5) is 111. The maximum atomic E-state index is 14.2. The number of fused-ring (bicyclic) bond motifs is 1. The van der Waals surface area contributed by atoms with Gasteiger partial charge in [-0.05, 0) is 60.5 Å². The number of esters is 1.